The number of hydrogen-bond acceptors (Lipinski definition) is 5. The number of nitrogens with one attached hydrogen (secondary N) is 1. The van der Waals surface area contributed by atoms with E-state index in [-0.39, 0.29) is 12.3 Å². The van der Waals surface area contributed by atoms with E-state index in [0.717, 1.165) is 4.90 Å². The molecule has 2 amide bonds. The highest BCUT2D eigenvalue weighted by Gasteiger charge is 2.17. The highest BCUT2D eigenvalue weighted by atomic mass is 16.7. The lowest BCUT2D eigenvalue weighted by molar-refractivity contribution is -0.149. The standard InChI is InChI=1S/C10H12N2O6/c1-12(10(16)7-3-2-4-17-7)5-8(13)11-18-6-9(14)15/h2-4H,5-6H2,1H3,(H,11,13)(H,14,15). The summed E-state index contributed by atoms with van der Waals surface area (Å²) < 4.78 is 4.88. The van der Waals surface area contributed by atoms with E-state index >= 15 is 0 Å². The van der Waals surface area contributed by atoms with Crippen LogP contribution in [0.2, 0.25) is 0 Å². The average Bonchev–Trinajstić information content (AvgIpc) is 2.80. The highest BCUT2D eigenvalue weighted by molar-refractivity contribution is 5.93. The summed E-state index contributed by atoms with van der Waals surface area (Å²) in [5.74, 6) is -2.21. The molecule has 0 spiro atoms. The van der Waals surface area contributed by atoms with Gasteiger partial charge in [-0.25, -0.2) is 10.3 Å². The zero-order valence-corrected chi connectivity index (χ0v) is 9.58. The van der Waals surface area contributed by atoms with Gasteiger partial charge in [-0.05, 0) is 12.1 Å². The summed E-state index contributed by atoms with van der Waals surface area (Å²) in [7, 11) is 1.40. The summed E-state index contributed by atoms with van der Waals surface area (Å²) in [6.45, 7) is -0.930. The number of carboxylic acids is 1. The van der Waals surface area contributed by atoms with Crippen LogP contribution in [0.4, 0.5) is 0 Å². The minimum atomic E-state index is -1.21. The van der Waals surface area contributed by atoms with Crippen LogP contribution < -0.4 is 5.48 Å². The summed E-state index contributed by atoms with van der Waals surface area (Å²) in [4.78, 5) is 38.5. The Kier molecular flexibility index (Phi) is 4.88. The molecule has 0 saturated heterocycles. The third-order valence-corrected chi connectivity index (χ3v) is 1.84. The summed E-state index contributed by atoms with van der Waals surface area (Å²) in [5, 5.41) is 8.27. The summed E-state index contributed by atoms with van der Waals surface area (Å²) in [6.07, 6.45) is 1.34. The molecule has 0 fully saturated rings. The van der Waals surface area contributed by atoms with E-state index in [1.165, 1.54) is 19.4 Å². The van der Waals surface area contributed by atoms with Crippen molar-refractivity contribution in [2.75, 3.05) is 20.2 Å². The molecule has 0 atom stereocenters. The fraction of sp³-hybridized carbons (Fsp3) is 0.300. The van der Waals surface area contributed by atoms with E-state index in [0.29, 0.717) is 0 Å². The first-order valence-electron chi connectivity index (χ1n) is 4.92. The first-order valence-corrected chi connectivity index (χ1v) is 4.92. The topological polar surface area (TPSA) is 109 Å². The van der Waals surface area contributed by atoms with Crippen LogP contribution >= 0.6 is 0 Å². The number of likely N-dealkylation sites (N-methyl/N-ethyl adjacent to an activating group) is 1. The van der Waals surface area contributed by atoms with Crippen molar-refractivity contribution in [2.45, 2.75) is 0 Å². The molecule has 0 aromatic carbocycles. The molecule has 1 aromatic heterocycles. The number of carbonyl (C=O) groups is 3. The molecule has 0 saturated carbocycles. The third-order valence-electron chi connectivity index (χ3n) is 1.84. The maximum absolute atomic E-state index is 11.6. The van der Waals surface area contributed by atoms with Crippen molar-refractivity contribution in [3.8, 4) is 0 Å². The van der Waals surface area contributed by atoms with Crippen LogP contribution in [0.25, 0.3) is 0 Å². The van der Waals surface area contributed by atoms with E-state index in [9.17, 15) is 14.4 Å². The summed E-state index contributed by atoms with van der Waals surface area (Å²) in [6, 6.07) is 3.02. The number of furan rings is 1. The molecule has 8 nitrogen and oxygen atoms in total. The van der Waals surface area contributed by atoms with Crippen molar-refractivity contribution >= 4 is 17.8 Å². The van der Waals surface area contributed by atoms with Crippen LogP contribution in [-0.2, 0) is 14.4 Å². The molecule has 1 heterocycles. The zero-order valence-electron chi connectivity index (χ0n) is 9.58. The Balaban J connectivity index is 2.35. The van der Waals surface area contributed by atoms with E-state index < -0.39 is 24.4 Å². The quantitative estimate of drug-likeness (QED) is 0.663. The van der Waals surface area contributed by atoms with Gasteiger partial charge in [-0.2, -0.15) is 0 Å². The van der Waals surface area contributed by atoms with E-state index in [2.05, 4.69) is 4.84 Å². The molecule has 18 heavy (non-hydrogen) atoms. The number of nitrogens with zero attached hydrogens (tertiary/aromatic N) is 1. The van der Waals surface area contributed by atoms with Gasteiger partial charge in [-0.3, -0.25) is 14.4 Å². The van der Waals surface area contributed by atoms with Crippen molar-refractivity contribution < 1.29 is 28.7 Å². The Morgan fingerprint density at radius 1 is 1.50 bits per heavy atom. The maximum atomic E-state index is 11.6. The third kappa shape index (κ3) is 4.26. The van der Waals surface area contributed by atoms with Gasteiger partial charge in [0.15, 0.2) is 12.4 Å². The first-order chi connectivity index (χ1) is 8.50. The molecular weight excluding hydrogens is 244 g/mol. The lowest BCUT2D eigenvalue weighted by atomic mass is 10.4. The molecule has 1 rings (SSSR count). The molecule has 0 aliphatic heterocycles. The Morgan fingerprint density at radius 3 is 2.78 bits per heavy atom. The minimum Gasteiger partial charge on any atom is -0.479 e. The molecule has 1 aromatic rings. The van der Waals surface area contributed by atoms with Gasteiger partial charge in [0.25, 0.3) is 11.8 Å². The fourth-order valence-electron chi connectivity index (χ4n) is 1.09. The second-order valence-electron chi connectivity index (χ2n) is 3.35. The van der Waals surface area contributed by atoms with Crippen LogP contribution in [0.5, 0.6) is 0 Å². The largest absolute Gasteiger partial charge is 0.479 e. The van der Waals surface area contributed by atoms with Crippen molar-refractivity contribution in [1.82, 2.24) is 10.4 Å². The van der Waals surface area contributed by atoms with E-state index in [1.54, 1.807) is 6.07 Å². The molecule has 0 aliphatic carbocycles. The summed E-state index contributed by atoms with van der Waals surface area (Å²) in [5.41, 5.74) is 1.90. The molecule has 98 valence electrons. The number of amides is 2. The number of rotatable bonds is 6. The zero-order chi connectivity index (χ0) is 13.5. The van der Waals surface area contributed by atoms with Crippen LogP contribution in [-0.4, -0.2) is 48.0 Å². The van der Waals surface area contributed by atoms with Crippen molar-refractivity contribution in [2.24, 2.45) is 0 Å². The minimum absolute atomic E-state index is 0.108. The predicted molar refractivity (Wildman–Crippen MR) is 57.4 cm³/mol. The molecule has 8 heteroatoms. The van der Waals surface area contributed by atoms with E-state index in [4.69, 9.17) is 9.52 Å². The normalized spacial score (nSPS) is 9.83. The Morgan fingerprint density at radius 2 is 2.22 bits per heavy atom. The smallest absolute Gasteiger partial charge is 0.332 e. The molecule has 0 unspecified atom stereocenters. The van der Waals surface area contributed by atoms with Gasteiger partial charge in [0.05, 0.1) is 6.26 Å². The van der Waals surface area contributed by atoms with Gasteiger partial charge in [0.1, 0.15) is 6.54 Å². The number of aliphatic carboxylic acids is 1. The molecule has 2 N–H and O–H groups in total. The lowest BCUT2D eigenvalue weighted by Gasteiger charge is -2.14. The van der Waals surface area contributed by atoms with E-state index in [1.807, 2.05) is 5.48 Å². The Labute approximate surface area is 102 Å². The molecular formula is C10H12N2O6. The highest BCUT2D eigenvalue weighted by Crippen LogP contribution is 2.03. The number of carbonyl (C=O) groups excluding carboxylic acids is 2. The van der Waals surface area contributed by atoms with Crippen LogP contribution in [0.1, 0.15) is 10.6 Å². The monoisotopic (exact) mass is 256 g/mol. The van der Waals surface area contributed by atoms with Crippen molar-refractivity contribution in [3.05, 3.63) is 24.2 Å². The van der Waals surface area contributed by atoms with Crippen LogP contribution in [0.3, 0.4) is 0 Å². The van der Waals surface area contributed by atoms with Crippen molar-refractivity contribution in [1.29, 1.82) is 0 Å². The van der Waals surface area contributed by atoms with Gasteiger partial charge in [-0.15, -0.1) is 0 Å². The fourth-order valence-corrected chi connectivity index (χ4v) is 1.09. The lowest BCUT2D eigenvalue weighted by Crippen LogP contribution is -2.38. The summed E-state index contributed by atoms with van der Waals surface area (Å²) >= 11 is 0. The number of hydrogen-bond donors (Lipinski definition) is 2. The maximum Gasteiger partial charge on any atom is 0.332 e. The van der Waals surface area contributed by atoms with Gasteiger partial charge in [0.2, 0.25) is 0 Å². The molecule has 0 radical (unpaired) electrons. The average molecular weight is 256 g/mol. The molecule has 0 bridgehead atoms. The van der Waals surface area contributed by atoms with Crippen LogP contribution in [0, 0.1) is 0 Å². The Hall–Kier alpha value is -2.35. The first kappa shape index (κ1) is 13.7. The molecule has 0 aliphatic rings. The SMILES string of the molecule is CN(CC(=O)NOCC(=O)O)C(=O)c1ccco1. The second kappa shape index (κ2) is 6.40. The Bertz CT molecular complexity index is 428. The predicted octanol–water partition coefficient (Wildman–Crippen LogP) is -0.516. The van der Waals surface area contributed by atoms with Crippen LogP contribution in [0.15, 0.2) is 22.8 Å². The number of carboxylic acid groups (broad SMARTS) is 1. The van der Waals surface area contributed by atoms with Gasteiger partial charge < -0.3 is 14.4 Å². The van der Waals surface area contributed by atoms with Gasteiger partial charge >= 0.3 is 5.97 Å². The number of hydroxylamine groups is 1. The second-order valence-corrected chi connectivity index (χ2v) is 3.35. The van der Waals surface area contributed by atoms with Gasteiger partial charge in [0, 0.05) is 7.05 Å². The van der Waals surface area contributed by atoms with Gasteiger partial charge in [-0.1, -0.05) is 0 Å². The van der Waals surface area contributed by atoms with Crippen molar-refractivity contribution in [3.63, 3.8) is 0 Å².